The van der Waals surface area contributed by atoms with E-state index in [0.29, 0.717) is 22.1 Å². The van der Waals surface area contributed by atoms with Crippen LogP contribution in [0.15, 0.2) is 63.0 Å². The quantitative estimate of drug-likeness (QED) is 0.407. The van der Waals surface area contributed by atoms with Gasteiger partial charge >= 0.3 is 0 Å². The highest BCUT2D eigenvalue weighted by molar-refractivity contribution is 7.98. The van der Waals surface area contributed by atoms with Crippen LogP contribution in [-0.4, -0.2) is 24.3 Å². The van der Waals surface area contributed by atoms with Crippen molar-refractivity contribution in [2.75, 3.05) is 0 Å². The van der Waals surface area contributed by atoms with Gasteiger partial charge in [-0.2, -0.15) is 0 Å². The minimum atomic E-state index is -0.110. The summed E-state index contributed by atoms with van der Waals surface area (Å²) in [7, 11) is 0. The van der Waals surface area contributed by atoms with Crippen LogP contribution in [0.4, 0.5) is 0 Å². The van der Waals surface area contributed by atoms with Crippen LogP contribution in [0.25, 0.3) is 22.4 Å². The Bertz CT molecular complexity index is 1460. The second-order valence-corrected chi connectivity index (χ2v) is 8.23. The van der Waals surface area contributed by atoms with E-state index < -0.39 is 0 Å². The molecule has 0 bridgehead atoms. The molecule has 0 unspecified atom stereocenters. The number of aromatic nitrogens is 5. The third-order valence-electron chi connectivity index (χ3n) is 5.02. The fourth-order valence-electron chi connectivity index (χ4n) is 3.57. The lowest BCUT2D eigenvalue weighted by molar-refractivity contribution is 0.391. The first kappa shape index (κ1) is 18.6. The zero-order chi connectivity index (χ0) is 20.8. The molecule has 3 heterocycles. The van der Waals surface area contributed by atoms with Gasteiger partial charge < -0.3 is 4.52 Å². The lowest BCUT2D eigenvalue weighted by Gasteiger charge is -2.13. The van der Waals surface area contributed by atoms with Gasteiger partial charge in [0.25, 0.3) is 5.56 Å². The molecule has 0 N–H and O–H groups in total. The van der Waals surface area contributed by atoms with Gasteiger partial charge in [-0.3, -0.25) is 9.20 Å². The van der Waals surface area contributed by atoms with Crippen LogP contribution in [0.2, 0.25) is 0 Å². The van der Waals surface area contributed by atoms with Crippen molar-refractivity contribution >= 4 is 28.4 Å². The summed E-state index contributed by atoms with van der Waals surface area (Å²) in [5.41, 5.74) is 4.39. The molecule has 150 valence electrons. The van der Waals surface area contributed by atoms with E-state index in [1.54, 1.807) is 4.57 Å². The second kappa shape index (κ2) is 7.14. The molecule has 7 nitrogen and oxygen atoms in total. The van der Waals surface area contributed by atoms with Crippen LogP contribution in [0.5, 0.6) is 0 Å². The number of fused-ring (bicyclic) bond motifs is 3. The van der Waals surface area contributed by atoms with Crippen LogP contribution in [0, 0.1) is 20.8 Å². The van der Waals surface area contributed by atoms with Crippen molar-refractivity contribution < 1.29 is 4.52 Å². The number of para-hydroxylation sites is 1. The van der Waals surface area contributed by atoms with E-state index in [0.717, 1.165) is 33.8 Å². The number of benzene rings is 2. The SMILES string of the molecule is Cc1ccc(C)c(-n2c(=O)c3ccccc3n3c(SCc4cc(C)no4)nnc23)c1. The molecule has 0 atom stereocenters. The summed E-state index contributed by atoms with van der Waals surface area (Å²) < 4.78 is 8.91. The van der Waals surface area contributed by atoms with Gasteiger partial charge in [-0.15, -0.1) is 10.2 Å². The molecule has 0 amide bonds. The minimum absolute atomic E-state index is 0.110. The second-order valence-electron chi connectivity index (χ2n) is 7.29. The van der Waals surface area contributed by atoms with E-state index >= 15 is 0 Å². The van der Waals surface area contributed by atoms with Crippen molar-refractivity contribution in [2.45, 2.75) is 31.7 Å². The van der Waals surface area contributed by atoms with E-state index in [1.165, 1.54) is 11.8 Å². The maximum atomic E-state index is 13.4. The van der Waals surface area contributed by atoms with Crippen molar-refractivity contribution in [2.24, 2.45) is 0 Å². The predicted octanol–water partition coefficient (Wildman–Crippen LogP) is 4.24. The fourth-order valence-corrected chi connectivity index (χ4v) is 4.38. The summed E-state index contributed by atoms with van der Waals surface area (Å²) in [5, 5.41) is 14.0. The Hall–Kier alpha value is -3.39. The van der Waals surface area contributed by atoms with Crippen molar-refractivity contribution in [1.82, 2.24) is 24.3 Å². The Labute approximate surface area is 176 Å². The van der Waals surface area contributed by atoms with Gasteiger partial charge in [0.05, 0.1) is 28.0 Å². The van der Waals surface area contributed by atoms with E-state index in [9.17, 15) is 4.79 Å². The highest BCUT2D eigenvalue weighted by Gasteiger charge is 2.19. The first-order valence-electron chi connectivity index (χ1n) is 9.54. The monoisotopic (exact) mass is 417 g/mol. The van der Waals surface area contributed by atoms with Gasteiger partial charge in [-0.25, -0.2) is 4.57 Å². The molecular formula is C22H19N5O2S. The van der Waals surface area contributed by atoms with E-state index in [1.807, 2.05) is 73.7 Å². The van der Waals surface area contributed by atoms with Gasteiger partial charge in [0.1, 0.15) is 5.76 Å². The van der Waals surface area contributed by atoms with Crippen LogP contribution in [0.3, 0.4) is 0 Å². The predicted molar refractivity (Wildman–Crippen MR) is 116 cm³/mol. The number of hydrogen-bond acceptors (Lipinski definition) is 6. The van der Waals surface area contributed by atoms with E-state index in [-0.39, 0.29) is 5.56 Å². The molecule has 0 aliphatic carbocycles. The van der Waals surface area contributed by atoms with Crippen LogP contribution in [-0.2, 0) is 5.75 Å². The van der Waals surface area contributed by atoms with Crippen LogP contribution < -0.4 is 5.56 Å². The zero-order valence-corrected chi connectivity index (χ0v) is 17.6. The summed E-state index contributed by atoms with van der Waals surface area (Å²) in [5.74, 6) is 1.82. The minimum Gasteiger partial charge on any atom is -0.360 e. The van der Waals surface area contributed by atoms with Gasteiger partial charge in [-0.1, -0.05) is 41.2 Å². The fraction of sp³-hybridized carbons (Fsp3) is 0.182. The summed E-state index contributed by atoms with van der Waals surface area (Å²) in [6.45, 7) is 5.89. The Kier molecular flexibility index (Phi) is 4.43. The largest absolute Gasteiger partial charge is 0.360 e. The Morgan fingerprint density at radius 3 is 2.67 bits per heavy atom. The Balaban J connectivity index is 1.76. The number of rotatable bonds is 4. The van der Waals surface area contributed by atoms with Crippen molar-refractivity contribution in [1.29, 1.82) is 0 Å². The highest BCUT2D eigenvalue weighted by atomic mass is 32.2. The van der Waals surface area contributed by atoms with E-state index in [2.05, 4.69) is 15.4 Å². The molecule has 5 aromatic rings. The zero-order valence-electron chi connectivity index (χ0n) is 16.8. The Morgan fingerprint density at radius 1 is 1.03 bits per heavy atom. The maximum absolute atomic E-state index is 13.4. The molecular weight excluding hydrogens is 398 g/mol. The van der Waals surface area contributed by atoms with Crippen molar-refractivity contribution in [3.8, 4) is 5.69 Å². The summed E-state index contributed by atoms with van der Waals surface area (Å²) in [4.78, 5) is 13.4. The van der Waals surface area contributed by atoms with Crippen molar-refractivity contribution in [3.63, 3.8) is 0 Å². The highest BCUT2D eigenvalue weighted by Crippen LogP contribution is 2.26. The van der Waals surface area contributed by atoms with Crippen LogP contribution >= 0.6 is 11.8 Å². The average Bonchev–Trinajstić information content (AvgIpc) is 3.35. The Morgan fingerprint density at radius 2 is 1.87 bits per heavy atom. The number of nitrogens with zero attached hydrogens (tertiary/aromatic N) is 5. The van der Waals surface area contributed by atoms with Gasteiger partial charge in [0.15, 0.2) is 5.16 Å². The van der Waals surface area contributed by atoms with Gasteiger partial charge in [-0.05, 0) is 50.1 Å². The molecule has 3 aromatic heterocycles. The molecule has 5 rings (SSSR count). The van der Waals surface area contributed by atoms with Gasteiger partial charge in [0.2, 0.25) is 5.78 Å². The number of hydrogen-bond donors (Lipinski definition) is 0. The maximum Gasteiger partial charge on any atom is 0.267 e. The average molecular weight is 417 g/mol. The lowest BCUT2D eigenvalue weighted by atomic mass is 10.1. The van der Waals surface area contributed by atoms with Crippen molar-refractivity contribution in [3.05, 3.63) is 81.5 Å². The molecule has 0 saturated carbocycles. The molecule has 0 spiro atoms. The standard InChI is InChI=1S/C22H19N5O2S/c1-13-8-9-14(2)19(10-13)26-20(28)17-6-4-5-7-18(17)27-21(26)23-24-22(27)30-12-16-11-15(3)25-29-16/h4-11H,12H2,1-3H3. The number of aryl methyl sites for hydroxylation is 3. The smallest absolute Gasteiger partial charge is 0.267 e. The van der Waals surface area contributed by atoms with Gasteiger partial charge in [0, 0.05) is 6.07 Å². The summed E-state index contributed by atoms with van der Waals surface area (Å²) >= 11 is 1.50. The van der Waals surface area contributed by atoms with Crippen LogP contribution in [0.1, 0.15) is 22.6 Å². The van der Waals surface area contributed by atoms with E-state index in [4.69, 9.17) is 4.52 Å². The molecule has 0 aliphatic heterocycles. The number of thioether (sulfide) groups is 1. The first-order valence-corrected chi connectivity index (χ1v) is 10.5. The third kappa shape index (κ3) is 3.00. The molecule has 0 saturated heterocycles. The molecule has 30 heavy (non-hydrogen) atoms. The lowest BCUT2D eigenvalue weighted by Crippen LogP contribution is -2.22. The molecule has 0 radical (unpaired) electrons. The summed E-state index contributed by atoms with van der Waals surface area (Å²) in [6, 6.07) is 15.5. The molecule has 0 aliphatic rings. The molecule has 0 fully saturated rings. The third-order valence-corrected chi connectivity index (χ3v) is 5.97. The summed E-state index contributed by atoms with van der Waals surface area (Å²) in [6.07, 6.45) is 0. The normalized spacial score (nSPS) is 11.6. The topological polar surface area (TPSA) is 78.2 Å². The molecule has 2 aromatic carbocycles. The molecule has 8 heteroatoms. The first-order chi connectivity index (χ1) is 14.5.